The van der Waals surface area contributed by atoms with Crippen molar-refractivity contribution in [3.63, 3.8) is 0 Å². The fourth-order valence-corrected chi connectivity index (χ4v) is 5.97. The number of hydrogen-bond donors (Lipinski definition) is 0. The first-order valence-electron chi connectivity index (χ1n) is 10.7. The Kier molecular flexibility index (Phi) is 5.67. The lowest BCUT2D eigenvalue weighted by Gasteiger charge is -2.29. The lowest BCUT2D eigenvalue weighted by molar-refractivity contribution is -0.124. The zero-order valence-electron chi connectivity index (χ0n) is 17.1. The van der Waals surface area contributed by atoms with Crippen molar-refractivity contribution in [2.45, 2.75) is 44.7 Å². The van der Waals surface area contributed by atoms with Crippen LogP contribution < -0.4 is 0 Å². The molecule has 2 aromatic carbocycles. The van der Waals surface area contributed by atoms with Crippen molar-refractivity contribution < 1.29 is 9.18 Å². The molecule has 1 amide bonds. The number of nitrogens with zero attached hydrogens (tertiary/aromatic N) is 2. The molecule has 1 saturated carbocycles. The molecular weight excluding hydrogens is 427 g/mol. The van der Waals surface area contributed by atoms with Gasteiger partial charge >= 0.3 is 0 Å². The Labute approximate surface area is 190 Å². The summed E-state index contributed by atoms with van der Waals surface area (Å²) >= 11 is 6.99. The zero-order chi connectivity index (χ0) is 21.4. The number of para-hydroxylation sites is 1. The third-order valence-corrected chi connectivity index (χ3v) is 7.47. The number of fused-ring (bicyclic) bond motifs is 1. The molecule has 2 heterocycles. The Morgan fingerprint density at radius 2 is 1.81 bits per heavy atom. The monoisotopic (exact) mass is 450 g/mol. The Morgan fingerprint density at radius 1 is 1.06 bits per heavy atom. The number of thiocarbonyl (C=S) groups is 1. The molecule has 1 aromatic heterocycles. The fraction of sp³-hybridized carbons (Fsp3) is 0.280. The van der Waals surface area contributed by atoms with Crippen molar-refractivity contribution in [3.8, 4) is 0 Å². The van der Waals surface area contributed by atoms with Crippen molar-refractivity contribution >= 4 is 51.2 Å². The minimum atomic E-state index is -0.234. The Hall–Kier alpha value is -2.44. The van der Waals surface area contributed by atoms with E-state index in [1.54, 1.807) is 12.1 Å². The number of carbonyl (C=O) groups is 1. The molecule has 1 saturated heterocycles. The molecule has 1 aliphatic heterocycles. The molecule has 2 fully saturated rings. The van der Waals surface area contributed by atoms with Gasteiger partial charge in [0, 0.05) is 35.2 Å². The second-order valence-electron chi connectivity index (χ2n) is 8.20. The van der Waals surface area contributed by atoms with Crippen LogP contribution in [0.4, 0.5) is 4.39 Å². The third-order valence-electron chi connectivity index (χ3n) is 6.14. The van der Waals surface area contributed by atoms with Gasteiger partial charge in [0.1, 0.15) is 10.1 Å². The van der Waals surface area contributed by atoms with Crippen LogP contribution in [0.1, 0.15) is 43.2 Å². The molecule has 0 atom stereocenters. The van der Waals surface area contributed by atoms with Crippen LogP contribution in [0.15, 0.2) is 59.6 Å². The average Bonchev–Trinajstić information content (AvgIpc) is 3.27. The van der Waals surface area contributed by atoms with Crippen LogP contribution in [0, 0.1) is 5.82 Å². The smallest absolute Gasteiger partial charge is 0.266 e. The summed E-state index contributed by atoms with van der Waals surface area (Å²) in [6, 6.07) is 15.0. The van der Waals surface area contributed by atoms with E-state index in [0.29, 0.717) is 15.8 Å². The largest absolute Gasteiger partial charge is 0.342 e. The number of benzene rings is 2. The molecule has 2 aliphatic rings. The van der Waals surface area contributed by atoms with Gasteiger partial charge in [0.15, 0.2) is 0 Å². The normalized spacial score (nSPS) is 19.1. The van der Waals surface area contributed by atoms with E-state index < -0.39 is 0 Å². The predicted octanol–water partition coefficient (Wildman–Crippen LogP) is 6.36. The molecule has 31 heavy (non-hydrogen) atoms. The summed E-state index contributed by atoms with van der Waals surface area (Å²) in [7, 11) is 0. The summed E-state index contributed by atoms with van der Waals surface area (Å²) in [4.78, 5) is 15.7. The Bertz CT molecular complexity index is 1180. The average molecular weight is 451 g/mol. The van der Waals surface area contributed by atoms with Crippen LogP contribution >= 0.6 is 24.0 Å². The molecule has 3 aromatic rings. The van der Waals surface area contributed by atoms with Gasteiger partial charge in [0.05, 0.1) is 4.91 Å². The van der Waals surface area contributed by atoms with E-state index in [1.807, 2.05) is 23.1 Å². The second kappa shape index (κ2) is 8.60. The van der Waals surface area contributed by atoms with Crippen LogP contribution in [0.3, 0.4) is 0 Å². The molecule has 0 unspecified atom stereocenters. The molecule has 5 rings (SSSR count). The molecule has 0 spiro atoms. The molecule has 1 aliphatic carbocycles. The van der Waals surface area contributed by atoms with E-state index in [0.717, 1.165) is 47.7 Å². The van der Waals surface area contributed by atoms with E-state index >= 15 is 0 Å². The van der Waals surface area contributed by atoms with Crippen molar-refractivity contribution in [2.24, 2.45) is 0 Å². The molecule has 6 heteroatoms. The van der Waals surface area contributed by atoms with E-state index in [9.17, 15) is 9.18 Å². The van der Waals surface area contributed by atoms with Gasteiger partial charge in [-0.25, -0.2) is 4.39 Å². The van der Waals surface area contributed by atoms with Gasteiger partial charge < -0.3 is 4.57 Å². The maximum atomic E-state index is 13.3. The number of halogens is 1. The standard InChI is InChI=1S/C25H23FN2OS2/c26-19-12-10-17(11-13-19)15-27-16-18(21-8-4-5-9-22(21)27)14-23-24(29)28(25(30)31-23)20-6-2-1-3-7-20/h4-5,8-14,16,20H,1-3,6-7,15H2/b23-14+. The number of thioether (sulfide) groups is 1. The first-order valence-corrected chi connectivity index (χ1v) is 11.9. The molecule has 0 N–H and O–H groups in total. The van der Waals surface area contributed by atoms with Gasteiger partial charge in [-0.2, -0.15) is 0 Å². The van der Waals surface area contributed by atoms with Crippen molar-refractivity contribution in [1.82, 2.24) is 9.47 Å². The topological polar surface area (TPSA) is 25.2 Å². The lowest BCUT2D eigenvalue weighted by atomic mass is 9.94. The molecular formula is C25H23FN2OS2. The fourth-order valence-electron chi connectivity index (χ4n) is 4.58. The second-order valence-corrected chi connectivity index (χ2v) is 9.88. The minimum absolute atomic E-state index is 0.0391. The van der Waals surface area contributed by atoms with E-state index in [4.69, 9.17) is 12.2 Å². The van der Waals surface area contributed by atoms with Gasteiger partial charge in [-0.15, -0.1) is 0 Å². The van der Waals surface area contributed by atoms with E-state index in [2.05, 4.69) is 22.9 Å². The first kappa shape index (κ1) is 20.5. The van der Waals surface area contributed by atoms with Crippen LogP contribution in [0.2, 0.25) is 0 Å². The third kappa shape index (κ3) is 4.06. The van der Waals surface area contributed by atoms with Crippen molar-refractivity contribution in [3.05, 3.63) is 76.6 Å². The number of hydrogen-bond acceptors (Lipinski definition) is 3. The lowest BCUT2D eigenvalue weighted by Crippen LogP contribution is -2.39. The summed E-state index contributed by atoms with van der Waals surface area (Å²) in [5.74, 6) is -0.195. The minimum Gasteiger partial charge on any atom is -0.342 e. The highest BCUT2D eigenvalue weighted by atomic mass is 32.2. The van der Waals surface area contributed by atoms with Gasteiger partial charge in [-0.3, -0.25) is 9.69 Å². The molecule has 0 bridgehead atoms. The van der Waals surface area contributed by atoms with Crippen LogP contribution in [0.25, 0.3) is 17.0 Å². The highest BCUT2D eigenvalue weighted by Crippen LogP contribution is 2.38. The zero-order valence-corrected chi connectivity index (χ0v) is 18.7. The van der Waals surface area contributed by atoms with Crippen molar-refractivity contribution in [1.29, 1.82) is 0 Å². The van der Waals surface area contributed by atoms with Crippen molar-refractivity contribution in [2.75, 3.05) is 0 Å². The summed E-state index contributed by atoms with van der Waals surface area (Å²) in [5, 5.41) is 1.09. The van der Waals surface area contributed by atoms with Gasteiger partial charge in [0.2, 0.25) is 0 Å². The summed E-state index contributed by atoms with van der Waals surface area (Å²) < 4.78 is 16.1. The molecule has 158 valence electrons. The Balaban J connectivity index is 1.47. The van der Waals surface area contributed by atoms with E-state index in [-0.39, 0.29) is 17.8 Å². The highest BCUT2D eigenvalue weighted by Gasteiger charge is 2.37. The maximum absolute atomic E-state index is 13.3. The van der Waals surface area contributed by atoms with Crippen LogP contribution in [-0.4, -0.2) is 25.7 Å². The number of aromatic nitrogens is 1. The van der Waals surface area contributed by atoms with E-state index in [1.165, 1.54) is 30.3 Å². The summed E-state index contributed by atoms with van der Waals surface area (Å²) in [6.45, 7) is 0.637. The number of rotatable bonds is 4. The van der Waals surface area contributed by atoms with Crippen LogP contribution in [0.5, 0.6) is 0 Å². The van der Waals surface area contributed by atoms with Crippen LogP contribution in [-0.2, 0) is 11.3 Å². The molecule has 3 nitrogen and oxygen atoms in total. The predicted molar refractivity (Wildman–Crippen MR) is 129 cm³/mol. The summed E-state index contributed by atoms with van der Waals surface area (Å²) in [6.07, 6.45) is 9.70. The summed E-state index contributed by atoms with van der Waals surface area (Å²) in [5.41, 5.74) is 3.11. The quantitative estimate of drug-likeness (QED) is 0.341. The number of amides is 1. The Morgan fingerprint density at radius 3 is 2.58 bits per heavy atom. The number of carbonyl (C=O) groups excluding carboxylic acids is 1. The van der Waals surface area contributed by atoms with Gasteiger partial charge in [0.25, 0.3) is 5.91 Å². The SMILES string of the molecule is O=C1/C(=C\c2cn(Cc3ccc(F)cc3)c3ccccc23)SC(=S)N1C1CCCCC1. The maximum Gasteiger partial charge on any atom is 0.266 e. The highest BCUT2D eigenvalue weighted by molar-refractivity contribution is 8.26. The molecule has 0 radical (unpaired) electrons. The first-order chi connectivity index (χ1) is 15.1. The van der Waals surface area contributed by atoms with Gasteiger partial charge in [-0.05, 0) is 42.7 Å². The van der Waals surface area contributed by atoms with Gasteiger partial charge in [-0.1, -0.05) is 73.6 Å².